The number of hydrogen-bond donors (Lipinski definition) is 3. The molecule has 2 aliphatic rings. The summed E-state index contributed by atoms with van der Waals surface area (Å²) in [6, 6.07) is 0. The molecule has 0 spiro atoms. The molecule has 3 rings (SSSR count). The van der Waals surface area contributed by atoms with Crippen molar-refractivity contribution in [2.75, 3.05) is 6.61 Å². The summed E-state index contributed by atoms with van der Waals surface area (Å²) >= 11 is 1.54. The van der Waals surface area contributed by atoms with Crippen LogP contribution in [0.3, 0.4) is 0 Å². The molecule has 7 unspecified atom stereocenters. The highest BCUT2D eigenvalue weighted by Crippen LogP contribution is 2.45. The fourth-order valence-corrected chi connectivity index (χ4v) is 5.62. The molecule has 0 radical (unpaired) electrons. The summed E-state index contributed by atoms with van der Waals surface area (Å²) in [6.07, 6.45) is 1.18. The molecule has 36 heavy (non-hydrogen) atoms. The van der Waals surface area contributed by atoms with E-state index in [0.29, 0.717) is 12.8 Å². The molecule has 0 amide bonds. The van der Waals surface area contributed by atoms with Crippen LogP contribution in [-0.2, 0) is 19.1 Å². The predicted molar refractivity (Wildman–Crippen MR) is 137 cm³/mol. The third-order valence-electron chi connectivity index (χ3n) is 7.95. The predicted octanol–water partition coefficient (Wildman–Crippen LogP) is 3.45. The fraction of sp³-hybridized carbons (Fsp3) is 0.741. The van der Waals surface area contributed by atoms with Crippen molar-refractivity contribution in [3.05, 3.63) is 21.7 Å². The average Bonchev–Trinajstić information content (AvgIpc) is 3.24. The Balaban J connectivity index is 1.87. The number of aliphatic hydroxyl groups is 3. The molecule has 2 saturated heterocycles. The van der Waals surface area contributed by atoms with Crippen LogP contribution in [0.5, 0.6) is 0 Å². The van der Waals surface area contributed by atoms with Gasteiger partial charge in [-0.05, 0) is 51.2 Å². The third kappa shape index (κ3) is 6.61. The summed E-state index contributed by atoms with van der Waals surface area (Å²) in [5.74, 6) is -2.37. The normalized spacial score (nSPS) is 36.8. The van der Waals surface area contributed by atoms with Crippen molar-refractivity contribution in [3.63, 3.8) is 0 Å². The SMILES string of the molecule is CC(=Cc1csc(C)n1)C1CC2OC2(C)CCCC(C)C(O)C(CO)C(=O)C(C)(C)C(O)CC(=O)O1. The lowest BCUT2D eigenvalue weighted by Gasteiger charge is -2.35. The summed E-state index contributed by atoms with van der Waals surface area (Å²) in [4.78, 5) is 30.7. The zero-order chi connectivity index (χ0) is 26.8. The van der Waals surface area contributed by atoms with E-state index in [1.54, 1.807) is 11.3 Å². The highest BCUT2D eigenvalue weighted by molar-refractivity contribution is 7.09. The van der Waals surface area contributed by atoms with Gasteiger partial charge < -0.3 is 24.8 Å². The fourth-order valence-electron chi connectivity index (χ4n) is 5.05. The maximum atomic E-state index is 13.3. The summed E-state index contributed by atoms with van der Waals surface area (Å²) in [5.41, 5.74) is -0.0834. The maximum Gasteiger partial charge on any atom is 0.309 e. The minimum Gasteiger partial charge on any atom is -0.458 e. The molecule has 1 aromatic heterocycles. The van der Waals surface area contributed by atoms with E-state index in [1.165, 1.54) is 13.8 Å². The number of fused-ring (bicyclic) bond motifs is 1. The van der Waals surface area contributed by atoms with E-state index >= 15 is 0 Å². The number of esters is 1. The van der Waals surface area contributed by atoms with Crippen LogP contribution in [0.2, 0.25) is 0 Å². The first-order chi connectivity index (χ1) is 16.8. The van der Waals surface area contributed by atoms with Crippen molar-refractivity contribution in [1.29, 1.82) is 0 Å². The number of nitrogens with zero attached hydrogens (tertiary/aromatic N) is 1. The van der Waals surface area contributed by atoms with Crippen LogP contribution < -0.4 is 0 Å². The standard InChI is InChI=1S/C27H41NO7S/c1-15-8-7-9-27(6)22(35-27)11-20(16(2)10-18-14-36-17(3)28-18)34-23(31)12-21(30)26(4,5)25(33)19(13-29)24(15)32/h10,14-15,19-22,24,29-30,32H,7-9,11-13H2,1-6H3. The summed E-state index contributed by atoms with van der Waals surface area (Å²) < 4.78 is 11.9. The van der Waals surface area contributed by atoms with E-state index in [2.05, 4.69) is 4.98 Å². The Bertz CT molecular complexity index is 973. The van der Waals surface area contributed by atoms with E-state index in [0.717, 1.165) is 29.1 Å². The van der Waals surface area contributed by atoms with Gasteiger partial charge in [0.25, 0.3) is 0 Å². The molecular formula is C27H41NO7S. The van der Waals surface area contributed by atoms with Crippen LogP contribution in [0.25, 0.3) is 6.08 Å². The van der Waals surface area contributed by atoms with Gasteiger partial charge in [-0.25, -0.2) is 4.98 Å². The second-order valence-corrected chi connectivity index (χ2v) is 12.3. The third-order valence-corrected chi connectivity index (χ3v) is 8.74. The van der Waals surface area contributed by atoms with Gasteiger partial charge in [0.15, 0.2) is 0 Å². The van der Waals surface area contributed by atoms with Crippen LogP contribution in [0.4, 0.5) is 0 Å². The molecule has 7 atom stereocenters. The second kappa shape index (κ2) is 11.4. The summed E-state index contributed by atoms with van der Waals surface area (Å²) in [7, 11) is 0. The molecule has 202 valence electrons. The number of epoxide rings is 1. The Labute approximate surface area is 217 Å². The molecule has 0 bridgehead atoms. The van der Waals surface area contributed by atoms with Crippen LogP contribution >= 0.6 is 11.3 Å². The lowest BCUT2D eigenvalue weighted by Crippen LogP contribution is -2.48. The first-order valence-electron chi connectivity index (χ1n) is 12.8. The highest BCUT2D eigenvalue weighted by atomic mass is 32.1. The van der Waals surface area contributed by atoms with Gasteiger partial charge in [-0.15, -0.1) is 11.3 Å². The largest absolute Gasteiger partial charge is 0.458 e. The molecular weight excluding hydrogens is 482 g/mol. The van der Waals surface area contributed by atoms with Crippen molar-refractivity contribution in [3.8, 4) is 0 Å². The quantitative estimate of drug-likeness (QED) is 0.406. The van der Waals surface area contributed by atoms with Crippen LogP contribution in [0.1, 0.15) is 77.4 Å². The van der Waals surface area contributed by atoms with Crippen molar-refractivity contribution >= 4 is 29.2 Å². The lowest BCUT2D eigenvalue weighted by atomic mass is 9.72. The van der Waals surface area contributed by atoms with Gasteiger partial charge in [0.2, 0.25) is 0 Å². The van der Waals surface area contributed by atoms with Gasteiger partial charge in [0, 0.05) is 11.8 Å². The Hall–Kier alpha value is -1.65. The number of aliphatic hydroxyl groups excluding tert-OH is 3. The number of Topliss-reactive ketones (excluding diaryl/α,β-unsaturated/α-hetero) is 1. The summed E-state index contributed by atoms with van der Waals surface area (Å²) in [6.45, 7) is 10.3. The number of ketones is 1. The minimum absolute atomic E-state index is 0.0860. The van der Waals surface area contributed by atoms with E-state index in [-0.39, 0.29) is 24.0 Å². The van der Waals surface area contributed by atoms with Crippen LogP contribution in [-0.4, -0.2) is 68.7 Å². The number of aromatic nitrogens is 1. The number of rotatable bonds is 3. The van der Waals surface area contributed by atoms with Gasteiger partial charge in [-0.3, -0.25) is 9.59 Å². The molecule has 3 heterocycles. The molecule has 0 aliphatic carbocycles. The zero-order valence-electron chi connectivity index (χ0n) is 22.2. The number of cyclic esters (lactones) is 1. The molecule has 2 fully saturated rings. The molecule has 0 saturated carbocycles. The van der Waals surface area contributed by atoms with Crippen LogP contribution in [0, 0.1) is 24.2 Å². The molecule has 1 aromatic rings. The Morgan fingerprint density at radius 3 is 2.58 bits per heavy atom. The Morgan fingerprint density at radius 1 is 1.28 bits per heavy atom. The first kappa shape index (κ1) is 28.9. The number of carbonyl (C=O) groups excluding carboxylic acids is 2. The van der Waals surface area contributed by atoms with Crippen molar-refractivity contribution < 1.29 is 34.4 Å². The number of carbonyl (C=O) groups is 2. The van der Waals surface area contributed by atoms with Gasteiger partial charge in [-0.1, -0.05) is 27.2 Å². The number of aryl methyl sites for hydroxylation is 1. The number of ether oxygens (including phenoxy) is 2. The van der Waals surface area contributed by atoms with Crippen molar-refractivity contribution in [2.45, 2.75) is 104 Å². The summed E-state index contributed by atoms with van der Waals surface area (Å²) in [5, 5.41) is 34.6. The first-order valence-corrected chi connectivity index (χ1v) is 13.7. The average molecular weight is 524 g/mol. The van der Waals surface area contributed by atoms with E-state index < -0.39 is 48.0 Å². The number of thiazole rings is 1. The Kier molecular flexibility index (Phi) is 9.15. The molecule has 2 aliphatic heterocycles. The Morgan fingerprint density at radius 2 is 1.97 bits per heavy atom. The zero-order valence-corrected chi connectivity index (χ0v) is 23.0. The van der Waals surface area contributed by atoms with Gasteiger partial charge in [0.05, 0.1) is 59.0 Å². The molecule has 0 aromatic carbocycles. The van der Waals surface area contributed by atoms with E-state index in [9.17, 15) is 24.9 Å². The smallest absolute Gasteiger partial charge is 0.309 e. The van der Waals surface area contributed by atoms with Gasteiger partial charge in [0.1, 0.15) is 11.9 Å². The van der Waals surface area contributed by atoms with E-state index in [4.69, 9.17) is 9.47 Å². The molecule has 9 heteroatoms. The van der Waals surface area contributed by atoms with Gasteiger partial charge >= 0.3 is 5.97 Å². The van der Waals surface area contributed by atoms with Crippen molar-refractivity contribution in [2.24, 2.45) is 17.3 Å². The monoisotopic (exact) mass is 523 g/mol. The highest BCUT2D eigenvalue weighted by Gasteiger charge is 2.53. The minimum atomic E-state index is -1.36. The lowest BCUT2D eigenvalue weighted by molar-refractivity contribution is -0.155. The maximum absolute atomic E-state index is 13.3. The molecule has 8 nitrogen and oxygen atoms in total. The van der Waals surface area contributed by atoms with Crippen molar-refractivity contribution in [1.82, 2.24) is 4.98 Å². The van der Waals surface area contributed by atoms with Gasteiger partial charge in [-0.2, -0.15) is 0 Å². The topological polar surface area (TPSA) is 129 Å². The molecule has 3 N–H and O–H groups in total. The van der Waals surface area contributed by atoms with E-state index in [1.807, 2.05) is 39.2 Å². The number of hydrogen-bond acceptors (Lipinski definition) is 9. The van der Waals surface area contributed by atoms with Crippen LogP contribution in [0.15, 0.2) is 11.0 Å². The second-order valence-electron chi connectivity index (χ2n) is 11.3.